The number of ether oxygens (including phenoxy) is 1. The SMILES string of the molecule is O=C(N[C@H](CN1CCCC1)[C@H](O)c1ccc(OC2CC2)c(Cl)c1)C(=O)c1cc2cc(Cl)ccc2o1.O=C(O)C(=O)c1cc2cc(Cl)ccc2o1. The zero-order valence-electron chi connectivity index (χ0n) is 26.4. The minimum Gasteiger partial charge on any atom is -0.489 e. The minimum absolute atomic E-state index is 0.0844. The fourth-order valence-corrected chi connectivity index (χ4v) is 6.16. The van der Waals surface area contributed by atoms with E-state index in [4.69, 9.17) is 53.5 Å². The van der Waals surface area contributed by atoms with Crippen LogP contribution < -0.4 is 10.1 Å². The van der Waals surface area contributed by atoms with Crippen LogP contribution in [0.4, 0.5) is 0 Å². The van der Waals surface area contributed by atoms with Gasteiger partial charge in [-0.1, -0.05) is 40.9 Å². The molecule has 1 aliphatic carbocycles. The molecule has 2 atom stereocenters. The van der Waals surface area contributed by atoms with Crippen LogP contribution in [-0.2, 0) is 9.59 Å². The summed E-state index contributed by atoms with van der Waals surface area (Å²) < 4.78 is 16.4. The smallest absolute Gasteiger partial charge is 0.380 e. The van der Waals surface area contributed by atoms with Crippen LogP contribution in [0.3, 0.4) is 0 Å². The summed E-state index contributed by atoms with van der Waals surface area (Å²) in [6.07, 6.45) is 3.25. The molecule has 260 valence electrons. The number of ketones is 2. The van der Waals surface area contributed by atoms with E-state index in [2.05, 4.69) is 10.2 Å². The van der Waals surface area contributed by atoms with Crippen molar-refractivity contribution in [3.8, 4) is 5.75 Å². The summed E-state index contributed by atoms with van der Waals surface area (Å²) in [6.45, 7) is 2.13. The number of carbonyl (C=O) groups is 4. The normalized spacial score (nSPS) is 15.7. The molecular weight excluding hydrogens is 711 g/mol. The number of carboxylic acids is 1. The molecule has 1 saturated carbocycles. The number of furan rings is 2. The Kier molecular flexibility index (Phi) is 10.8. The van der Waals surface area contributed by atoms with E-state index in [1.807, 2.05) is 0 Å². The molecule has 0 bridgehead atoms. The van der Waals surface area contributed by atoms with Gasteiger partial charge in [0, 0.05) is 27.4 Å². The number of likely N-dealkylation sites (tertiary alicyclic amines) is 1. The average Bonchev–Trinajstić information content (AvgIpc) is 3.42. The maximum absolute atomic E-state index is 12.9. The van der Waals surface area contributed by atoms with Gasteiger partial charge in [0.2, 0.25) is 0 Å². The molecule has 11 nitrogen and oxygen atoms in total. The van der Waals surface area contributed by atoms with Gasteiger partial charge in [0.1, 0.15) is 23.0 Å². The number of Topliss-reactive ketones (excluding diaryl/α,β-unsaturated/α-hetero) is 2. The van der Waals surface area contributed by atoms with Gasteiger partial charge in [-0.15, -0.1) is 0 Å². The van der Waals surface area contributed by atoms with Crippen LogP contribution in [0.5, 0.6) is 5.75 Å². The molecule has 1 saturated heterocycles. The standard InChI is InChI=1S/C26H26Cl2N2O5.C10H5ClO4/c27-17-4-8-21-16(11-17)13-23(35-21)25(32)26(33)29-20(14-30-9-1-2-10-30)24(31)15-3-7-22(19(28)12-15)34-18-5-6-18;11-6-1-2-7-5(3-6)4-8(15-7)9(12)10(13)14/h3-4,7-8,11-13,18,20,24,31H,1-2,5-6,9-10,14H2,(H,29,33);1-4H,(H,13,14)/t20-,24-;/m1./s1. The lowest BCUT2D eigenvalue weighted by molar-refractivity contribution is -0.132. The number of nitrogens with one attached hydrogen (secondary N) is 1. The number of nitrogens with zero attached hydrogens (tertiary/aromatic N) is 1. The van der Waals surface area contributed by atoms with E-state index >= 15 is 0 Å². The molecule has 1 amide bonds. The predicted octanol–water partition coefficient (Wildman–Crippen LogP) is 7.13. The first kappa shape index (κ1) is 35.4. The third-order valence-electron chi connectivity index (χ3n) is 8.27. The minimum atomic E-state index is -1.54. The number of aliphatic hydroxyl groups is 1. The van der Waals surface area contributed by atoms with Gasteiger partial charge in [-0.2, -0.15) is 0 Å². The summed E-state index contributed by atoms with van der Waals surface area (Å²) in [5.41, 5.74) is 1.43. The van der Waals surface area contributed by atoms with Crippen molar-refractivity contribution in [1.82, 2.24) is 10.2 Å². The van der Waals surface area contributed by atoms with Gasteiger partial charge in [0.05, 0.1) is 17.2 Å². The molecule has 5 aromatic rings. The van der Waals surface area contributed by atoms with Crippen LogP contribution in [0, 0.1) is 0 Å². The van der Waals surface area contributed by atoms with Gasteiger partial charge in [0.15, 0.2) is 11.5 Å². The number of halogens is 3. The van der Waals surface area contributed by atoms with Crippen LogP contribution >= 0.6 is 34.8 Å². The van der Waals surface area contributed by atoms with Crippen molar-refractivity contribution in [2.75, 3.05) is 19.6 Å². The van der Waals surface area contributed by atoms with Crippen LogP contribution in [0.25, 0.3) is 21.9 Å². The zero-order chi connectivity index (χ0) is 35.5. The summed E-state index contributed by atoms with van der Waals surface area (Å²) in [7, 11) is 0. The van der Waals surface area contributed by atoms with Crippen LogP contribution in [0.2, 0.25) is 15.1 Å². The predicted molar refractivity (Wildman–Crippen MR) is 186 cm³/mol. The lowest BCUT2D eigenvalue weighted by Crippen LogP contribution is -2.48. The Morgan fingerprint density at radius 3 is 1.94 bits per heavy atom. The summed E-state index contributed by atoms with van der Waals surface area (Å²) in [5, 5.41) is 25.1. The number of benzene rings is 3. The molecule has 2 fully saturated rings. The van der Waals surface area contributed by atoms with E-state index in [1.54, 1.807) is 54.6 Å². The Bertz CT molecular complexity index is 2080. The lowest BCUT2D eigenvalue weighted by atomic mass is 10.0. The van der Waals surface area contributed by atoms with Gasteiger partial charge in [-0.25, -0.2) is 4.79 Å². The van der Waals surface area contributed by atoms with Crippen LogP contribution in [0.1, 0.15) is 58.5 Å². The number of amides is 1. The maximum atomic E-state index is 12.9. The van der Waals surface area contributed by atoms with Gasteiger partial charge >= 0.3 is 11.8 Å². The zero-order valence-corrected chi connectivity index (χ0v) is 28.6. The van der Waals surface area contributed by atoms with Crippen molar-refractivity contribution in [2.45, 2.75) is 43.9 Å². The number of hydrogen-bond acceptors (Lipinski definition) is 9. The Balaban J connectivity index is 0.000000240. The molecule has 3 heterocycles. The topological polar surface area (TPSA) is 160 Å². The van der Waals surface area contributed by atoms with Gasteiger partial charge in [0.25, 0.3) is 11.7 Å². The third-order valence-corrected chi connectivity index (χ3v) is 9.04. The van der Waals surface area contributed by atoms with E-state index in [-0.39, 0.29) is 17.6 Å². The van der Waals surface area contributed by atoms with Gasteiger partial charge in [-0.05, 0) is 105 Å². The quantitative estimate of drug-likeness (QED) is 0.0939. The van der Waals surface area contributed by atoms with Crippen LogP contribution in [0.15, 0.2) is 75.6 Å². The number of aliphatic hydroxyl groups excluding tert-OH is 1. The number of aliphatic carboxylic acids is 1. The van der Waals surface area contributed by atoms with Gasteiger partial charge in [-0.3, -0.25) is 14.4 Å². The third kappa shape index (κ3) is 8.48. The average molecular weight is 742 g/mol. The van der Waals surface area contributed by atoms with Gasteiger partial charge < -0.3 is 34.0 Å². The first-order valence-electron chi connectivity index (χ1n) is 15.8. The number of hydrogen-bond donors (Lipinski definition) is 3. The van der Waals surface area contributed by atoms with Crippen LogP contribution in [-0.4, -0.2) is 70.3 Å². The summed E-state index contributed by atoms with van der Waals surface area (Å²) >= 11 is 18.1. The Labute approximate surface area is 300 Å². The second kappa shape index (κ2) is 15.2. The Morgan fingerprint density at radius 1 is 0.820 bits per heavy atom. The van der Waals surface area contributed by atoms with Crippen molar-refractivity contribution < 1.29 is 43.0 Å². The fourth-order valence-electron chi connectivity index (χ4n) is 5.57. The molecular formula is C36H31Cl3N2O9. The summed E-state index contributed by atoms with van der Waals surface area (Å²) in [5.74, 6) is -3.98. The highest BCUT2D eigenvalue weighted by Crippen LogP contribution is 2.34. The molecule has 3 aromatic carbocycles. The molecule has 0 radical (unpaired) electrons. The van der Waals surface area contributed by atoms with Crippen molar-refractivity contribution in [1.29, 1.82) is 0 Å². The molecule has 1 aliphatic heterocycles. The number of fused-ring (bicyclic) bond motifs is 2. The largest absolute Gasteiger partial charge is 0.489 e. The molecule has 50 heavy (non-hydrogen) atoms. The Morgan fingerprint density at radius 2 is 1.40 bits per heavy atom. The second-order valence-corrected chi connectivity index (χ2v) is 13.4. The maximum Gasteiger partial charge on any atom is 0.380 e. The number of carboxylic acid groups (broad SMARTS) is 1. The highest BCUT2D eigenvalue weighted by atomic mass is 35.5. The molecule has 2 aliphatic rings. The van der Waals surface area contributed by atoms with E-state index in [0.717, 1.165) is 38.8 Å². The molecule has 0 unspecified atom stereocenters. The highest BCUT2D eigenvalue weighted by molar-refractivity contribution is 6.42. The Hall–Kier alpha value is -4.39. The first-order chi connectivity index (χ1) is 23.9. The fraction of sp³-hybridized carbons (Fsp3) is 0.278. The molecule has 7 rings (SSSR count). The van der Waals surface area contributed by atoms with Crippen molar-refractivity contribution in [2.24, 2.45) is 0 Å². The molecule has 3 N–H and O–H groups in total. The second-order valence-electron chi connectivity index (χ2n) is 12.1. The molecule has 2 aromatic heterocycles. The van der Waals surface area contributed by atoms with E-state index < -0.39 is 35.6 Å². The molecule has 14 heteroatoms. The molecule has 0 spiro atoms. The summed E-state index contributed by atoms with van der Waals surface area (Å²) in [6, 6.07) is 17.0. The lowest BCUT2D eigenvalue weighted by Gasteiger charge is -2.28. The van der Waals surface area contributed by atoms with Crippen molar-refractivity contribution in [3.63, 3.8) is 0 Å². The van der Waals surface area contributed by atoms with Crippen molar-refractivity contribution >= 4 is 80.2 Å². The highest BCUT2D eigenvalue weighted by Gasteiger charge is 2.31. The number of rotatable bonds is 11. The number of carbonyl (C=O) groups excluding carboxylic acids is 3. The van der Waals surface area contributed by atoms with E-state index in [1.165, 1.54) is 12.1 Å². The van der Waals surface area contributed by atoms with E-state index in [9.17, 15) is 24.3 Å². The van der Waals surface area contributed by atoms with Crippen molar-refractivity contribution in [3.05, 3.63) is 98.9 Å². The summed E-state index contributed by atoms with van der Waals surface area (Å²) in [4.78, 5) is 49.4. The van der Waals surface area contributed by atoms with E-state index in [0.29, 0.717) is 54.9 Å². The monoisotopic (exact) mass is 740 g/mol. The first-order valence-corrected chi connectivity index (χ1v) is 17.0.